The zero-order valence-corrected chi connectivity index (χ0v) is 17.7. The van der Waals surface area contributed by atoms with E-state index in [0.717, 1.165) is 51.6 Å². The maximum atomic E-state index is 11.8. The molecule has 1 saturated carbocycles. The number of Topliss-reactive ketones (excluding diaryl/α,β-unsaturated/α-hetero) is 1. The van der Waals surface area contributed by atoms with Crippen molar-refractivity contribution in [2.24, 2.45) is 0 Å². The van der Waals surface area contributed by atoms with Crippen LogP contribution < -0.4 is 4.74 Å². The number of ketones is 1. The number of hydrogen-bond donors (Lipinski definition) is 1. The maximum absolute atomic E-state index is 11.8. The third kappa shape index (κ3) is 3.39. The quantitative estimate of drug-likeness (QED) is 0.327. The number of para-hydroxylation sites is 1. The van der Waals surface area contributed by atoms with Crippen molar-refractivity contribution in [3.05, 3.63) is 59.8 Å². The topological polar surface area (TPSA) is 72.8 Å². The molecule has 2 aromatic carbocycles. The number of nitrogens with zero attached hydrogens (tertiary/aromatic N) is 3. The van der Waals surface area contributed by atoms with Gasteiger partial charge in [0.05, 0.1) is 7.11 Å². The van der Waals surface area contributed by atoms with Crippen LogP contribution in [0.1, 0.15) is 41.7 Å². The van der Waals surface area contributed by atoms with Gasteiger partial charge in [-0.3, -0.25) is 9.36 Å². The van der Waals surface area contributed by atoms with Crippen LogP contribution in [-0.2, 0) is 5.75 Å². The van der Waals surface area contributed by atoms with Crippen molar-refractivity contribution in [2.75, 3.05) is 7.11 Å². The summed E-state index contributed by atoms with van der Waals surface area (Å²) < 4.78 is 7.76. The van der Waals surface area contributed by atoms with Gasteiger partial charge in [-0.15, -0.1) is 10.2 Å². The largest absolute Gasteiger partial charge is 0.496 e. The molecule has 0 aliphatic heterocycles. The summed E-state index contributed by atoms with van der Waals surface area (Å²) in [5.74, 6) is 2.39. The highest BCUT2D eigenvalue weighted by molar-refractivity contribution is 7.98. The Morgan fingerprint density at radius 3 is 2.83 bits per heavy atom. The molecule has 4 aromatic rings. The SMILES string of the molecule is COc1ccc(C(C)=O)cc1CSc1nnc(-c2c[nH]c3ccccc23)n1C1CC1. The molecule has 152 valence electrons. The van der Waals surface area contributed by atoms with E-state index < -0.39 is 0 Å². The fourth-order valence-corrected chi connectivity index (χ4v) is 4.71. The number of aromatic amines is 1. The van der Waals surface area contributed by atoms with Crippen molar-refractivity contribution >= 4 is 28.4 Å². The van der Waals surface area contributed by atoms with E-state index in [2.05, 4.69) is 31.9 Å². The van der Waals surface area contributed by atoms with Gasteiger partial charge in [0.1, 0.15) is 5.75 Å². The van der Waals surface area contributed by atoms with E-state index in [-0.39, 0.29) is 5.78 Å². The summed E-state index contributed by atoms with van der Waals surface area (Å²) in [7, 11) is 1.65. The zero-order chi connectivity index (χ0) is 20.7. The Kier molecular flexibility index (Phi) is 4.83. The smallest absolute Gasteiger partial charge is 0.192 e. The first kappa shape index (κ1) is 18.9. The molecule has 7 heteroatoms. The number of hydrogen-bond acceptors (Lipinski definition) is 5. The first-order valence-corrected chi connectivity index (χ1v) is 11.0. The molecule has 2 aromatic heterocycles. The Morgan fingerprint density at radius 2 is 2.07 bits per heavy atom. The van der Waals surface area contributed by atoms with Crippen LogP contribution in [0, 0.1) is 0 Å². The average molecular weight is 419 g/mol. The number of thioether (sulfide) groups is 1. The van der Waals surface area contributed by atoms with Gasteiger partial charge < -0.3 is 9.72 Å². The van der Waals surface area contributed by atoms with Crippen molar-refractivity contribution in [1.82, 2.24) is 19.7 Å². The van der Waals surface area contributed by atoms with Gasteiger partial charge >= 0.3 is 0 Å². The number of rotatable bonds is 7. The molecule has 0 spiro atoms. The predicted molar refractivity (Wildman–Crippen MR) is 118 cm³/mol. The molecule has 1 fully saturated rings. The van der Waals surface area contributed by atoms with Gasteiger partial charge in [-0.2, -0.15) is 0 Å². The Bertz CT molecular complexity index is 1240. The summed E-state index contributed by atoms with van der Waals surface area (Å²) in [6.07, 6.45) is 4.30. The van der Waals surface area contributed by atoms with Crippen LogP contribution in [0.15, 0.2) is 53.8 Å². The van der Waals surface area contributed by atoms with Crippen LogP contribution >= 0.6 is 11.8 Å². The van der Waals surface area contributed by atoms with E-state index in [1.807, 2.05) is 30.5 Å². The van der Waals surface area contributed by atoms with Gasteiger partial charge in [0, 0.05) is 45.6 Å². The first-order valence-electron chi connectivity index (χ1n) is 9.97. The molecule has 2 heterocycles. The maximum Gasteiger partial charge on any atom is 0.192 e. The Labute approximate surface area is 178 Å². The molecule has 0 saturated heterocycles. The fourth-order valence-electron chi connectivity index (χ4n) is 3.73. The molecule has 1 aliphatic carbocycles. The second-order valence-electron chi connectivity index (χ2n) is 7.53. The van der Waals surface area contributed by atoms with E-state index in [1.165, 1.54) is 0 Å². The van der Waals surface area contributed by atoms with Crippen LogP contribution in [0.3, 0.4) is 0 Å². The number of fused-ring (bicyclic) bond motifs is 1. The number of benzene rings is 2. The van der Waals surface area contributed by atoms with Gasteiger partial charge in [0.25, 0.3) is 0 Å². The number of methoxy groups -OCH3 is 1. The lowest BCUT2D eigenvalue weighted by Crippen LogP contribution is -2.00. The number of carbonyl (C=O) groups excluding carboxylic acids is 1. The standard InChI is InChI=1S/C23H22N4O2S/c1-14(28)15-7-10-21(29-2)16(11-15)13-30-23-26-25-22(27(23)17-8-9-17)19-12-24-20-6-4-3-5-18(19)20/h3-7,10-12,17,24H,8-9,13H2,1-2H3. The number of nitrogens with one attached hydrogen (secondary N) is 1. The lowest BCUT2D eigenvalue weighted by atomic mass is 10.1. The highest BCUT2D eigenvalue weighted by atomic mass is 32.2. The van der Waals surface area contributed by atoms with E-state index in [4.69, 9.17) is 4.74 Å². The Balaban J connectivity index is 1.48. The van der Waals surface area contributed by atoms with E-state index >= 15 is 0 Å². The summed E-state index contributed by atoms with van der Waals surface area (Å²) in [4.78, 5) is 15.1. The van der Waals surface area contributed by atoms with Crippen LogP contribution in [0.25, 0.3) is 22.3 Å². The van der Waals surface area contributed by atoms with Gasteiger partial charge in [0.15, 0.2) is 16.8 Å². The predicted octanol–water partition coefficient (Wildman–Crippen LogP) is 5.26. The lowest BCUT2D eigenvalue weighted by molar-refractivity contribution is 0.101. The van der Waals surface area contributed by atoms with Crippen LogP contribution in [0.5, 0.6) is 5.75 Å². The molecule has 30 heavy (non-hydrogen) atoms. The monoisotopic (exact) mass is 418 g/mol. The molecule has 0 unspecified atom stereocenters. The van der Waals surface area contributed by atoms with Crippen molar-refractivity contribution in [3.63, 3.8) is 0 Å². The minimum absolute atomic E-state index is 0.0478. The second kappa shape index (κ2) is 7.65. The first-order chi connectivity index (χ1) is 14.7. The van der Waals surface area contributed by atoms with E-state index in [1.54, 1.807) is 31.9 Å². The molecule has 0 amide bonds. The van der Waals surface area contributed by atoms with E-state index in [9.17, 15) is 4.79 Å². The van der Waals surface area contributed by atoms with Gasteiger partial charge in [-0.25, -0.2) is 0 Å². The van der Waals surface area contributed by atoms with Crippen LogP contribution in [-0.4, -0.2) is 32.6 Å². The summed E-state index contributed by atoms with van der Waals surface area (Å²) in [6, 6.07) is 14.3. The fraction of sp³-hybridized carbons (Fsp3) is 0.261. The third-order valence-electron chi connectivity index (χ3n) is 5.45. The summed E-state index contributed by atoms with van der Waals surface area (Å²) in [5, 5.41) is 11.1. The minimum atomic E-state index is 0.0478. The van der Waals surface area contributed by atoms with Crippen LogP contribution in [0.2, 0.25) is 0 Å². The molecule has 1 aliphatic rings. The molecule has 0 bridgehead atoms. The van der Waals surface area contributed by atoms with Gasteiger partial charge in [-0.1, -0.05) is 30.0 Å². The summed E-state index contributed by atoms with van der Waals surface area (Å²) in [6.45, 7) is 1.58. The van der Waals surface area contributed by atoms with Crippen molar-refractivity contribution < 1.29 is 9.53 Å². The van der Waals surface area contributed by atoms with E-state index in [0.29, 0.717) is 17.4 Å². The Morgan fingerprint density at radius 1 is 1.23 bits per heavy atom. The number of ether oxygens (including phenoxy) is 1. The average Bonchev–Trinajstić information content (AvgIpc) is 3.38. The van der Waals surface area contributed by atoms with Crippen LogP contribution in [0.4, 0.5) is 0 Å². The lowest BCUT2D eigenvalue weighted by Gasteiger charge is -2.11. The van der Waals surface area contributed by atoms with Gasteiger partial charge in [-0.05, 0) is 44.0 Å². The van der Waals surface area contributed by atoms with Crippen molar-refractivity contribution in [1.29, 1.82) is 0 Å². The molecular formula is C23H22N4O2S. The number of carbonyl (C=O) groups is 1. The zero-order valence-electron chi connectivity index (χ0n) is 16.9. The Hall–Kier alpha value is -3.06. The molecular weight excluding hydrogens is 396 g/mol. The molecule has 0 atom stereocenters. The van der Waals surface area contributed by atoms with Gasteiger partial charge in [0.2, 0.25) is 0 Å². The minimum Gasteiger partial charge on any atom is -0.496 e. The molecule has 6 nitrogen and oxygen atoms in total. The van der Waals surface area contributed by atoms with Crippen molar-refractivity contribution in [3.8, 4) is 17.1 Å². The summed E-state index contributed by atoms with van der Waals surface area (Å²) in [5.41, 5.74) is 3.84. The van der Waals surface area contributed by atoms with Crippen molar-refractivity contribution in [2.45, 2.75) is 36.7 Å². The molecule has 5 rings (SSSR count). The number of aromatic nitrogens is 4. The number of H-pyrrole nitrogens is 1. The summed E-state index contributed by atoms with van der Waals surface area (Å²) >= 11 is 1.63. The highest BCUT2D eigenvalue weighted by Gasteiger charge is 2.31. The molecule has 1 N–H and O–H groups in total. The second-order valence-corrected chi connectivity index (χ2v) is 8.47. The normalized spacial score (nSPS) is 13.7. The molecule has 0 radical (unpaired) electrons. The highest BCUT2D eigenvalue weighted by Crippen LogP contribution is 2.43. The third-order valence-corrected chi connectivity index (χ3v) is 6.44.